The molecule has 0 radical (unpaired) electrons. The summed E-state index contributed by atoms with van der Waals surface area (Å²) in [6.45, 7) is 2.72. The number of carbonyl (C=O) groups excluding carboxylic acids is 1. The van der Waals surface area contributed by atoms with Crippen LogP contribution in [0.4, 0.5) is 5.69 Å². The number of nitrogens with one attached hydrogen (secondary N) is 1. The van der Waals surface area contributed by atoms with Crippen LogP contribution in [0, 0.1) is 0 Å². The number of aliphatic hydroxyl groups is 1. The van der Waals surface area contributed by atoms with Crippen LogP contribution in [0.1, 0.15) is 23.2 Å². The third-order valence-electron chi connectivity index (χ3n) is 5.85. The molecule has 2 atom stereocenters. The van der Waals surface area contributed by atoms with Crippen molar-refractivity contribution in [2.24, 2.45) is 0 Å². The molecule has 0 bridgehead atoms. The van der Waals surface area contributed by atoms with Crippen LogP contribution in [0.3, 0.4) is 0 Å². The predicted molar refractivity (Wildman–Crippen MR) is 117 cm³/mol. The zero-order valence-corrected chi connectivity index (χ0v) is 17.6. The Bertz CT molecular complexity index is 836. The highest BCUT2D eigenvalue weighted by molar-refractivity contribution is 6.30. The highest BCUT2D eigenvalue weighted by atomic mass is 35.5. The maximum atomic E-state index is 12.7. The van der Waals surface area contributed by atoms with Gasteiger partial charge in [-0.2, -0.15) is 0 Å². The van der Waals surface area contributed by atoms with Crippen molar-refractivity contribution in [3.05, 3.63) is 64.1 Å². The molecule has 2 fully saturated rings. The third kappa shape index (κ3) is 4.86. The highest BCUT2D eigenvalue weighted by Crippen LogP contribution is 2.24. The van der Waals surface area contributed by atoms with E-state index in [4.69, 9.17) is 23.2 Å². The summed E-state index contributed by atoms with van der Waals surface area (Å²) in [5.74, 6) is -0.0532. The number of benzene rings is 2. The van der Waals surface area contributed by atoms with Gasteiger partial charge in [0.15, 0.2) is 0 Å². The average molecular weight is 434 g/mol. The van der Waals surface area contributed by atoms with Crippen LogP contribution in [-0.2, 0) is 0 Å². The molecule has 29 heavy (non-hydrogen) atoms. The van der Waals surface area contributed by atoms with E-state index in [0.717, 1.165) is 36.6 Å². The number of nitrogens with zero attached hydrogens (tertiary/aromatic N) is 2. The fourth-order valence-electron chi connectivity index (χ4n) is 4.23. The van der Waals surface area contributed by atoms with Gasteiger partial charge in [0, 0.05) is 53.5 Å². The van der Waals surface area contributed by atoms with E-state index >= 15 is 0 Å². The van der Waals surface area contributed by atoms with E-state index in [-0.39, 0.29) is 11.9 Å². The molecular formula is C22H25Cl2N3O2. The number of likely N-dealkylation sites (tertiary alicyclic amines) is 2. The van der Waals surface area contributed by atoms with E-state index in [1.54, 1.807) is 29.2 Å². The second-order valence-corrected chi connectivity index (χ2v) is 8.69. The molecule has 0 spiro atoms. The van der Waals surface area contributed by atoms with Gasteiger partial charge >= 0.3 is 0 Å². The molecule has 1 amide bonds. The minimum absolute atomic E-state index is 0.0114. The van der Waals surface area contributed by atoms with E-state index in [1.165, 1.54) is 0 Å². The highest BCUT2D eigenvalue weighted by Gasteiger charge is 2.39. The van der Waals surface area contributed by atoms with Gasteiger partial charge in [0.2, 0.25) is 0 Å². The second-order valence-electron chi connectivity index (χ2n) is 7.81. The number of anilines is 1. The van der Waals surface area contributed by atoms with Crippen molar-refractivity contribution < 1.29 is 9.90 Å². The number of amides is 1. The molecule has 0 aliphatic carbocycles. The summed E-state index contributed by atoms with van der Waals surface area (Å²) >= 11 is 11.9. The summed E-state index contributed by atoms with van der Waals surface area (Å²) in [5.41, 5.74) is 1.68. The van der Waals surface area contributed by atoms with Crippen molar-refractivity contribution in [1.82, 2.24) is 9.80 Å². The van der Waals surface area contributed by atoms with Crippen molar-refractivity contribution in [2.75, 3.05) is 31.5 Å². The van der Waals surface area contributed by atoms with Crippen molar-refractivity contribution in [3.63, 3.8) is 0 Å². The summed E-state index contributed by atoms with van der Waals surface area (Å²) in [7, 11) is 0. The molecule has 2 saturated heterocycles. The van der Waals surface area contributed by atoms with Gasteiger partial charge in [0.05, 0.1) is 12.1 Å². The Hall–Kier alpha value is -1.79. The van der Waals surface area contributed by atoms with E-state index in [1.807, 2.05) is 24.3 Å². The van der Waals surface area contributed by atoms with Gasteiger partial charge in [0.25, 0.3) is 5.91 Å². The summed E-state index contributed by atoms with van der Waals surface area (Å²) in [6, 6.07) is 15.1. The molecule has 7 heteroatoms. The molecule has 0 saturated carbocycles. The number of halogens is 2. The zero-order valence-electron chi connectivity index (χ0n) is 16.1. The van der Waals surface area contributed by atoms with Crippen LogP contribution in [0.15, 0.2) is 48.5 Å². The minimum atomic E-state index is -0.521. The summed E-state index contributed by atoms with van der Waals surface area (Å²) in [5, 5.41) is 15.5. The number of hydrogen-bond acceptors (Lipinski definition) is 4. The fraction of sp³-hybridized carbons (Fsp3) is 0.409. The number of carbonyl (C=O) groups is 1. The van der Waals surface area contributed by atoms with Crippen LogP contribution in [0.2, 0.25) is 10.0 Å². The van der Waals surface area contributed by atoms with Gasteiger partial charge in [0.1, 0.15) is 0 Å². The Morgan fingerprint density at radius 1 is 0.931 bits per heavy atom. The maximum Gasteiger partial charge on any atom is 0.253 e. The Kier molecular flexibility index (Phi) is 6.30. The van der Waals surface area contributed by atoms with E-state index in [2.05, 4.69) is 10.2 Å². The molecule has 4 rings (SSSR count). The van der Waals surface area contributed by atoms with Crippen molar-refractivity contribution >= 4 is 34.8 Å². The number of rotatable bonds is 4. The lowest BCUT2D eigenvalue weighted by molar-refractivity contribution is 0.0681. The first-order chi connectivity index (χ1) is 14.0. The molecule has 5 nitrogen and oxygen atoms in total. The smallest absolute Gasteiger partial charge is 0.253 e. The Labute approximate surface area is 181 Å². The lowest BCUT2D eigenvalue weighted by Crippen LogP contribution is -2.49. The molecule has 154 valence electrons. The summed E-state index contributed by atoms with van der Waals surface area (Å²) < 4.78 is 0. The lowest BCUT2D eigenvalue weighted by atomic mass is 10.0. The normalized spacial score (nSPS) is 23.3. The first-order valence-electron chi connectivity index (χ1n) is 9.98. The van der Waals surface area contributed by atoms with E-state index in [0.29, 0.717) is 29.7 Å². The molecule has 0 aromatic heterocycles. The van der Waals surface area contributed by atoms with Gasteiger partial charge in [-0.3, -0.25) is 9.69 Å². The van der Waals surface area contributed by atoms with Crippen LogP contribution < -0.4 is 5.32 Å². The molecule has 2 heterocycles. The molecular weight excluding hydrogens is 409 g/mol. The molecule has 2 aromatic rings. The topological polar surface area (TPSA) is 55.8 Å². The van der Waals surface area contributed by atoms with Crippen molar-refractivity contribution in [2.45, 2.75) is 31.0 Å². The quantitative estimate of drug-likeness (QED) is 0.770. The first kappa shape index (κ1) is 20.5. The van der Waals surface area contributed by atoms with Gasteiger partial charge in [-0.05, 0) is 61.4 Å². The van der Waals surface area contributed by atoms with Gasteiger partial charge in [-0.1, -0.05) is 23.2 Å². The maximum absolute atomic E-state index is 12.7. The minimum Gasteiger partial charge on any atom is -0.390 e. The standard InChI is InChI=1S/C22H25Cl2N3O2/c23-16-3-1-15(2-4-16)22(29)27-13-20(21(28)14-27)26-11-9-19(10-12-26)25-18-7-5-17(24)6-8-18/h1-8,19-21,25,28H,9-14H2/t20-,21-/m1/s1. The lowest BCUT2D eigenvalue weighted by Gasteiger charge is -2.37. The Balaban J connectivity index is 1.31. The summed E-state index contributed by atoms with van der Waals surface area (Å²) in [6.07, 6.45) is 1.47. The van der Waals surface area contributed by atoms with Gasteiger partial charge in [-0.25, -0.2) is 0 Å². The van der Waals surface area contributed by atoms with E-state index in [9.17, 15) is 9.90 Å². The van der Waals surface area contributed by atoms with Crippen molar-refractivity contribution in [1.29, 1.82) is 0 Å². The molecule has 2 aromatic carbocycles. The monoisotopic (exact) mass is 433 g/mol. The average Bonchev–Trinajstić information content (AvgIpc) is 3.12. The molecule has 2 aliphatic heterocycles. The predicted octanol–water partition coefficient (Wildman–Crippen LogP) is 3.76. The molecule has 2 aliphatic rings. The fourth-order valence-corrected chi connectivity index (χ4v) is 4.48. The second kappa shape index (κ2) is 8.92. The van der Waals surface area contributed by atoms with Gasteiger partial charge in [-0.15, -0.1) is 0 Å². The van der Waals surface area contributed by atoms with Crippen LogP contribution >= 0.6 is 23.2 Å². The van der Waals surface area contributed by atoms with Crippen LogP contribution in [-0.4, -0.2) is 65.2 Å². The van der Waals surface area contributed by atoms with Crippen LogP contribution in [0.25, 0.3) is 0 Å². The first-order valence-corrected chi connectivity index (χ1v) is 10.7. The SMILES string of the molecule is O=C(c1ccc(Cl)cc1)N1C[C@@H](O)[C@H](N2CCC(Nc3ccc(Cl)cc3)CC2)C1. The molecule has 0 unspecified atom stereocenters. The number of β-amino-alcohol motifs (C(OH)–C–C–N with tert-alkyl or cyclic N) is 1. The van der Waals surface area contributed by atoms with Gasteiger partial charge < -0.3 is 15.3 Å². The van der Waals surface area contributed by atoms with Crippen molar-refractivity contribution in [3.8, 4) is 0 Å². The third-order valence-corrected chi connectivity index (χ3v) is 6.35. The van der Waals surface area contributed by atoms with Crippen LogP contribution in [0.5, 0.6) is 0 Å². The number of piperidine rings is 1. The zero-order chi connectivity index (χ0) is 20.4. The number of hydrogen-bond donors (Lipinski definition) is 2. The summed E-state index contributed by atoms with van der Waals surface area (Å²) in [4.78, 5) is 16.8. The molecule has 2 N–H and O–H groups in total. The Morgan fingerprint density at radius 3 is 2.14 bits per heavy atom. The number of aliphatic hydroxyl groups excluding tert-OH is 1. The Morgan fingerprint density at radius 2 is 1.52 bits per heavy atom. The van der Waals surface area contributed by atoms with E-state index < -0.39 is 6.10 Å². The largest absolute Gasteiger partial charge is 0.390 e.